The molecule has 0 bridgehead atoms. The fourth-order valence-electron chi connectivity index (χ4n) is 3.73. The number of nitrogens with zero attached hydrogens (tertiary/aromatic N) is 3. The molecule has 0 unspecified atom stereocenters. The molecule has 1 aliphatic heterocycles. The molecule has 0 spiro atoms. The Bertz CT molecular complexity index is 841. The fourth-order valence-corrected chi connectivity index (χ4v) is 3.90. The van der Waals surface area contributed by atoms with Crippen LogP contribution in [-0.2, 0) is 5.54 Å². The first kappa shape index (κ1) is 18.3. The van der Waals surface area contributed by atoms with Crippen molar-refractivity contribution in [3.05, 3.63) is 40.5 Å². The van der Waals surface area contributed by atoms with Crippen LogP contribution in [-0.4, -0.2) is 41.1 Å². The van der Waals surface area contributed by atoms with E-state index in [1.165, 1.54) is 0 Å². The number of rotatable bonds is 4. The number of ether oxygens (including phenoxy) is 1. The molecule has 144 valence electrons. The highest BCUT2D eigenvalue weighted by Crippen LogP contribution is 2.38. The minimum absolute atomic E-state index is 0.0746. The number of halogens is 1. The SMILES string of the molecule is COc1ccc(Cl)cc1C(=O)N1CCC(c2nc(C3(N)CCC3)no2)CC1. The van der Waals surface area contributed by atoms with Gasteiger partial charge in [-0.3, -0.25) is 4.79 Å². The lowest BCUT2D eigenvalue weighted by Gasteiger charge is -2.34. The summed E-state index contributed by atoms with van der Waals surface area (Å²) in [6.45, 7) is 1.23. The Morgan fingerprint density at radius 1 is 1.37 bits per heavy atom. The van der Waals surface area contributed by atoms with Crippen LogP contribution in [0.2, 0.25) is 5.02 Å². The van der Waals surface area contributed by atoms with Crippen molar-refractivity contribution in [3.8, 4) is 5.75 Å². The number of nitrogens with two attached hydrogens (primary N) is 1. The van der Waals surface area contributed by atoms with Crippen molar-refractivity contribution in [1.29, 1.82) is 0 Å². The summed E-state index contributed by atoms with van der Waals surface area (Å²) in [4.78, 5) is 19.2. The molecule has 8 heteroatoms. The monoisotopic (exact) mass is 390 g/mol. The Balaban J connectivity index is 1.42. The number of hydrogen-bond acceptors (Lipinski definition) is 6. The van der Waals surface area contributed by atoms with Crippen LogP contribution in [0.1, 0.15) is 60.1 Å². The second kappa shape index (κ2) is 7.13. The molecule has 27 heavy (non-hydrogen) atoms. The van der Waals surface area contributed by atoms with Gasteiger partial charge >= 0.3 is 0 Å². The second-order valence-corrected chi connectivity index (χ2v) is 7.81. The van der Waals surface area contributed by atoms with Gasteiger partial charge in [0.2, 0.25) is 5.89 Å². The lowest BCUT2D eigenvalue weighted by molar-refractivity contribution is 0.0701. The molecular weight excluding hydrogens is 368 g/mol. The maximum absolute atomic E-state index is 12.9. The molecule has 0 atom stereocenters. The maximum atomic E-state index is 12.9. The number of carbonyl (C=O) groups is 1. The second-order valence-electron chi connectivity index (χ2n) is 7.38. The van der Waals surface area contributed by atoms with Crippen LogP contribution >= 0.6 is 11.6 Å². The number of methoxy groups -OCH3 is 1. The van der Waals surface area contributed by atoms with E-state index in [1.807, 2.05) is 4.90 Å². The molecule has 2 aromatic rings. The Morgan fingerprint density at radius 3 is 2.74 bits per heavy atom. The molecule has 1 aliphatic carbocycles. The first-order valence-electron chi connectivity index (χ1n) is 9.26. The molecule has 1 saturated carbocycles. The smallest absolute Gasteiger partial charge is 0.257 e. The lowest BCUT2D eigenvalue weighted by atomic mass is 9.77. The quantitative estimate of drug-likeness (QED) is 0.861. The Labute approximate surface area is 162 Å². The van der Waals surface area contributed by atoms with Gasteiger partial charge < -0.3 is 19.9 Å². The molecule has 1 aromatic heterocycles. The largest absolute Gasteiger partial charge is 0.496 e. The fraction of sp³-hybridized carbons (Fsp3) is 0.526. The van der Waals surface area contributed by atoms with E-state index in [0.29, 0.717) is 41.1 Å². The van der Waals surface area contributed by atoms with Crippen molar-refractivity contribution in [2.75, 3.05) is 20.2 Å². The lowest BCUT2D eigenvalue weighted by Crippen LogP contribution is -2.44. The predicted molar refractivity (Wildman–Crippen MR) is 99.9 cm³/mol. The van der Waals surface area contributed by atoms with Gasteiger partial charge in [-0.15, -0.1) is 0 Å². The zero-order chi connectivity index (χ0) is 19.0. The molecule has 4 rings (SSSR count). The van der Waals surface area contributed by atoms with Gasteiger partial charge in [0, 0.05) is 24.0 Å². The van der Waals surface area contributed by atoms with Crippen molar-refractivity contribution in [3.63, 3.8) is 0 Å². The van der Waals surface area contributed by atoms with Crippen molar-refractivity contribution < 1.29 is 14.1 Å². The van der Waals surface area contributed by atoms with E-state index in [-0.39, 0.29) is 11.8 Å². The highest BCUT2D eigenvalue weighted by molar-refractivity contribution is 6.31. The van der Waals surface area contributed by atoms with Gasteiger partial charge in [0.05, 0.1) is 18.2 Å². The molecule has 2 fully saturated rings. The summed E-state index contributed by atoms with van der Waals surface area (Å²) in [5, 5.41) is 4.61. The number of likely N-dealkylation sites (tertiary alicyclic amines) is 1. The normalized spacial score (nSPS) is 19.6. The summed E-state index contributed by atoms with van der Waals surface area (Å²) in [5.74, 6) is 1.86. The molecule has 1 saturated heterocycles. The highest BCUT2D eigenvalue weighted by Gasteiger charge is 2.40. The topological polar surface area (TPSA) is 94.5 Å². The van der Waals surface area contributed by atoms with Crippen LogP contribution in [0.15, 0.2) is 22.7 Å². The maximum Gasteiger partial charge on any atom is 0.257 e. The third kappa shape index (κ3) is 3.41. The molecular formula is C19H23ClN4O3. The minimum atomic E-state index is -0.415. The third-order valence-electron chi connectivity index (χ3n) is 5.66. The van der Waals surface area contributed by atoms with Crippen molar-refractivity contribution >= 4 is 17.5 Å². The average molecular weight is 391 g/mol. The van der Waals surface area contributed by atoms with E-state index in [0.717, 1.165) is 32.1 Å². The zero-order valence-corrected chi connectivity index (χ0v) is 16.0. The molecule has 1 amide bonds. The van der Waals surface area contributed by atoms with Gasteiger partial charge in [-0.25, -0.2) is 0 Å². The molecule has 7 nitrogen and oxygen atoms in total. The number of piperidine rings is 1. The van der Waals surface area contributed by atoms with E-state index < -0.39 is 5.54 Å². The molecule has 2 N–H and O–H groups in total. The number of amides is 1. The van der Waals surface area contributed by atoms with Gasteiger partial charge in [0.25, 0.3) is 5.91 Å². The number of carbonyl (C=O) groups excluding carboxylic acids is 1. The Morgan fingerprint density at radius 2 is 2.11 bits per heavy atom. The van der Waals surface area contributed by atoms with Crippen LogP contribution in [0.3, 0.4) is 0 Å². The average Bonchev–Trinajstić information content (AvgIpc) is 3.16. The van der Waals surface area contributed by atoms with Gasteiger partial charge in [0.1, 0.15) is 5.75 Å². The summed E-state index contributed by atoms with van der Waals surface area (Å²) < 4.78 is 10.8. The molecule has 0 radical (unpaired) electrons. The summed E-state index contributed by atoms with van der Waals surface area (Å²) in [5.41, 5.74) is 6.34. The van der Waals surface area contributed by atoms with Crippen molar-refractivity contribution in [2.45, 2.75) is 43.6 Å². The summed E-state index contributed by atoms with van der Waals surface area (Å²) in [6, 6.07) is 5.08. The van der Waals surface area contributed by atoms with E-state index in [1.54, 1.807) is 25.3 Å². The van der Waals surface area contributed by atoms with Crippen molar-refractivity contribution in [2.24, 2.45) is 5.73 Å². The van der Waals surface area contributed by atoms with Crippen LogP contribution in [0.5, 0.6) is 5.75 Å². The number of aromatic nitrogens is 2. The Kier molecular flexibility index (Phi) is 4.82. The molecule has 2 aliphatic rings. The summed E-state index contributed by atoms with van der Waals surface area (Å²) in [7, 11) is 1.55. The van der Waals surface area contributed by atoms with Crippen LogP contribution in [0.4, 0.5) is 0 Å². The minimum Gasteiger partial charge on any atom is -0.496 e. The highest BCUT2D eigenvalue weighted by atomic mass is 35.5. The van der Waals surface area contributed by atoms with Gasteiger partial charge in [-0.1, -0.05) is 16.8 Å². The molecule has 1 aromatic carbocycles. The third-order valence-corrected chi connectivity index (χ3v) is 5.89. The van der Waals surface area contributed by atoms with Crippen LogP contribution in [0.25, 0.3) is 0 Å². The van der Waals surface area contributed by atoms with Crippen LogP contribution in [0, 0.1) is 0 Å². The summed E-state index contributed by atoms with van der Waals surface area (Å²) in [6.07, 6.45) is 4.45. The number of benzene rings is 1. The predicted octanol–water partition coefficient (Wildman–Crippen LogP) is 3.09. The van der Waals surface area contributed by atoms with Crippen LogP contribution < -0.4 is 10.5 Å². The molecule has 2 heterocycles. The van der Waals surface area contributed by atoms with Gasteiger partial charge in [-0.05, 0) is 50.3 Å². The van der Waals surface area contributed by atoms with E-state index in [9.17, 15) is 4.79 Å². The van der Waals surface area contributed by atoms with Crippen molar-refractivity contribution in [1.82, 2.24) is 15.0 Å². The number of hydrogen-bond donors (Lipinski definition) is 1. The summed E-state index contributed by atoms with van der Waals surface area (Å²) >= 11 is 6.05. The Hall–Kier alpha value is -2.12. The first-order valence-corrected chi connectivity index (χ1v) is 9.64. The van der Waals surface area contributed by atoms with Gasteiger partial charge in [0.15, 0.2) is 5.82 Å². The standard InChI is InChI=1S/C19H23ClN4O3/c1-26-15-4-3-13(20)11-14(15)17(25)24-9-5-12(6-10-24)16-22-18(23-27-16)19(21)7-2-8-19/h3-4,11-12H,2,5-10,21H2,1H3. The van der Waals surface area contributed by atoms with Gasteiger partial charge in [-0.2, -0.15) is 4.98 Å². The van der Waals surface area contributed by atoms with E-state index >= 15 is 0 Å². The van der Waals surface area contributed by atoms with E-state index in [2.05, 4.69) is 10.1 Å². The van der Waals surface area contributed by atoms with E-state index in [4.69, 9.17) is 26.6 Å². The first-order chi connectivity index (χ1) is 13.0. The zero-order valence-electron chi connectivity index (χ0n) is 15.3.